The van der Waals surface area contributed by atoms with Crippen molar-refractivity contribution >= 4 is 15.9 Å². The van der Waals surface area contributed by atoms with Crippen LogP contribution in [0.15, 0.2) is 28.7 Å². The van der Waals surface area contributed by atoms with Crippen molar-refractivity contribution < 1.29 is 0 Å². The molecule has 1 aliphatic rings. The Bertz CT molecular complexity index is 370. The van der Waals surface area contributed by atoms with Crippen molar-refractivity contribution in [1.82, 2.24) is 5.32 Å². The summed E-state index contributed by atoms with van der Waals surface area (Å²) in [6, 6.07) is 10.8. The SMILES string of the molecule is N#CC1CNC(c2ccccc2Br)C1. The number of nitriles is 1. The quantitative estimate of drug-likeness (QED) is 0.832. The van der Waals surface area contributed by atoms with Gasteiger partial charge in [0.2, 0.25) is 0 Å². The minimum absolute atomic E-state index is 0.159. The molecule has 1 heterocycles. The summed E-state index contributed by atoms with van der Waals surface area (Å²) in [5.74, 6) is 0.159. The largest absolute Gasteiger partial charge is 0.309 e. The maximum Gasteiger partial charge on any atom is 0.0669 e. The van der Waals surface area contributed by atoms with E-state index in [0.29, 0.717) is 6.04 Å². The maximum absolute atomic E-state index is 8.80. The maximum atomic E-state index is 8.80. The number of nitrogens with one attached hydrogen (secondary N) is 1. The Balaban J connectivity index is 2.18. The monoisotopic (exact) mass is 250 g/mol. The Hall–Kier alpha value is -0.850. The molecule has 0 spiro atoms. The molecule has 0 amide bonds. The van der Waals surface area contributed by atoms with Crippen molar-refractivity contribution in [2.45, 2.75) is 12.5 Å². The summed E-state index contributed by atoms with van der Waals surface area (Å²) < 4.78 is 1.12. The zero-order chi connectivity index (χ0) is 9.97. The predicted molar refractivity (Wildman–Crippen MR) is 58.6 cm³/mol. The van der Waals surface area contributed by atoms with Crippen LogP contribution in [-0.4, -0.2) is 6.54 Å². The Morgan fingerprint density at radius 3 is 2.86 bits per heavy atom. The molecule has 2 nitrogen and oxygen atoms in total. The number of hydrogen-bond acceptors (Lipinski definition) is 2. The third kappa shape index (κ3) is 1.82. The van der Waals surface area contributed by atoms with Gasteiger partial charge in [-0.25, -0.2) is 0 Å². The van der Waals surface area contributed by atoms with Gasteiger partial charge in [0.25, 0.3) is 0 Å². The zero-order valence-corrected chi connectivity index (χ0v) is 9.29. The lowest BCUT2D eigenvalue weighted by molar-refractivity contribution is 0.636. The Morgan fingerprint density at radius 2 is 2.21 bits per heavy atom. The average Bonchev–Trinajstić information content (AvgIpc) is 2.67. The highest BCUT2D eigenvalue weighted by molar-refractivity contribution is 9.10. The van der Waals surface area contributed by atoms with E-state index in [4.69, 9.17) is 5.26 Å². The van der Waals surface area contributed by atoms with Crippen molar-refractivity contribution in [2.75, 3.05) is 6.54 Å². The van der Waals surface area contributed by atoms with Gasteiger partial charge in [0, 0.05) is 17.1 Å². The Morgan fingerprint density at radius 1 is 1.43 bits per heavy atom. The van der Waals surface area contributed by atoms with Crippen LogP contribution in [0.2, 0.25) is 0 Å². The normalized spacial score (nSPS) is 26.0. The second-order valence-electron chi connectivity index (χ2n) is 3.54. The summed E-state index contributed by atoms with van der Waals surface area (Å²) in [6.45, 7) is 0.808. The molecule has 1 aliphatic heterocycles. The number of halogens is 1. The molecular formula is C11H11BrN2. The Kier molecular flexibility index (Phi) is 2.85. The molecule has 0 aromatic heterocycles. The molecule has 0 radical (unpaired) electrons. The molecule has 1 aromatic rings. The first-order chi connectivity index (χ1) is 6.81. The molecule has 2 unspecified atom stereocenters. The van der Waals surface area contributed by atoms with E-state index in [9.17, 15) is 0 Å². The summed E-state index contributed by atoms with van der Waals surface area (Å²) in [5, 5.41) is 12.2. The van der Waals surface area contributed by atoms with Crippen LogP contribution in [0, 0.1) is 17.2 Å². The minimum Gasteiger partial charge on any atom is -0.309 e. The van der Waals surface area contributed by atoms with Gasteiger partial charge in [-0.15, -0.1) is 0 Å². The first kappa shape index (κ1) is 9.70. The molecule has 0 bridgehead atoms. The van der Waals surface area contributed by atoms with Crippen molar-refractivity contribution in [2.24, 2.45) is 5.92 Å². The minimum atomic E-state index is 0.159. The van der Waals surface area contributed by atoms with Crippen LogP contribution in [-0.2, 0) is 0 Å². The highest BCUT2D eigenvalue weighted by Gasteiger charge is 2.25. The standard InChI is InChI=1S/C11H11BrN2/c12-10-4-2-1-3-9(10)11-5-8(6-13)7-14-11/h1-4,8,11,14H,5,7H2. The van der Waals surface area contributed by atoms with Gasteiger partial charge in [0.15, 0.2) is 0 Å². The van der Waals surface area contributed by atoms with Crippen LogP contribution < -0.4 is 5.32 Å². The van der Waals surface area contributed by atoms with Crippen molar-refractivity contribution in [1.29, 1.82) is 5.26 Å². The second-order valence-corrected chi connectivity index (χ2v) is 4.40. The van der Waals surface area contributed by atoms with E-state index in [2.05, 4.69) is 33.4 Å². The lowest BCUT2D eigenvalue weighted by Gasteiger charge is -2.11. The highest BCUT2D eigenvalue weighted by Crippen LogP contribution is 2.31. The molecule has 2 atom stereocenters. The zero-order valence-electron chi connectivity index (χ0n) is 7.70. The first-order valence-electron chi connectivity index (χ1n) is 4.68. The summed E-state index contributed by atoms with van der Waals surface area (Å²) in [6.07, 6.45) is 0.916. The van der Waals surface area contributed by atoms with E-state index >= 15 is 0 Å². The van der Waals surface area contributed by atoms with E-state index < -0.39 is 0 Å². The third-order valence-corrected chi connectivity index (χ3v) is 3.32. The molecule has 72 valence electrons. The number of benzene rings is 1. The van der Waals surface area contributed by atoms with Crippen LogP contribution >= 0.6 is 15.9 Å². The van der Waals surface area contributed by atoms with E-state index in [1.54, 1.807) is 0 Å². The second kappa shape index (κ2) is 4.12. The van der Waals surface area contributed by atoms with Crippen molar-refractivity contribution in [3.05, 3.63) is 34.3 Å². The molecule has 1 fully saturated rings. The fourth-order valence-electron chi connectivity index (χ4n) is 1.83. The average molecular weight is 251 g/mol. The fraction of sp³-hybridized carbons (Fsp3) is 0.364. The molecule has 14 heavy (non-hydrogen) atoms. The van der Waals surface area contributed by atoms with Gasteiger partial charge < -0.3 is 5.32 Å². The molecule has 3 heteroatoms. The molecule has 1 N–H and O–H groups in total. The van der Waals surface area contributed by atoms with Crippen LogP contribution in [0.5, 0.6) is 0 Å². The smallest absolute Gasteiger partial charge is 0.0669 e. The van der Waals surface area contributed by atoms with Gasteiger partial charge in [0.05, 0.1) is 12.0 Å². The highest BCUT2D eigenvalue weighted by atomic mass is 79.9. The van der Waals surface area contributed by atoms with Crippen LogP contribution in [0.3, 0.4) is 0 Å². The van der Waals surface area contributed by atoms with Gasteiger partial charge in [-0.3, -0.25) is 0 Å². The van der Waals surface area contributed by atoms with Gasteiger partial charge in [-0.1, -0.05) is 34.1 Å². The first-order valence-corrected chi connectivity index (χ1v) is 5.48. The lowest BCUT2D eigenvalue weighted by Crippen LogP contribution is -2.13. The van der Waals surface area contributed by atoms with Gasteiger partial charge in [-0.05, 0) is 18.1 Å². The van der Waals surface area contributed by atoms with E-state index in [1.807, 2.05) is 18.2 Å². The van der Waals surface area contributed by atoms with Crippen LogP contribution in [0.25, 0.3) is 0 Å². The summed E-state index contributed by atoms with van der Waals surface area (Å²) >= 11 is 3.53. The topological polar surface area (TPSA) is 35.8 Å². The Labute approximate surface area is 92.1 Å². The molecule has 0 saturated carbocycles. The molecule has 2 rings (SSSR count). The summed E-state index contributed by atoms with van der Waals surface area (Å²) in [7, 11) is 0. The molecular weight excluding hydrogens is 240 g/mol. The fourth-order valence-corrected chi connectivity index (χ4v) is 2.39. The van der Waals surface area contributed by atoms with Crippen molar-refractivity contribution in [3.63, 3.8) is 0 Å². The number of rotatable bonds is 1. The number of nitrogens with zero attached hydrogens (tertiary/aromatic N) is 1. The molecule has 0 aliphatic carbocycles. The third-order valence-electron chi connectivity index (χ3n) is 2.59. The lowest BCUT2D eigenvalue weighted by atomic mass is 10.0. The van der Waals surface area contributed by atoms with E-state index in [-0.39, 0.29) is 5.92 Å². The van der Waals surface area contributed by atoms with E-state index in [1.165, 1.54) is 5.56 Å². The molecule has 1 aromatic carbocycles. The van der Waals surface area contributed by atoms with Gasteiger partial charge in [0.1, 0.15) is 0 Å². The summed E-state index contributed by atoms with van der Waals surface area (Å²) in [5.41, 5.74) is 1.25. The number of hydrogen-bond donors (Lipinski definition) is 1. The predicted octanol–water partition coefficient (Wildman–Crippen LogP) is 2.62. The van der Waals surface area contributed by atoms with Gasteiger partial charge in [-0.2, -0.15) is 5.26 Å². The molecule has 1 saturated heterocycles. The van der Waals surface area contributed by atoms with Crippen LogP contribution in [0.1, 0.15) is 18.0 Å². The summed E-state index contributed by atoms with van der Waals surface area (Å²) in [4.78, 5) is 0. The van der Waals surface area contributed by atoms with Gasteiger partial charge >= 0.3 is 0 Å². The van der Waals surface area contributed by atoms with E-state index in [0.717, 1.165) is 17.4 Å². The van der Waals surface area contributed by atoms with Crippen molar-refractivity contribution in [3.8, 4) is 6.07 Å². The van der Waals surface area contributed by atoms with Crippen LogP contribution in [0.4, 0.5) is 0 Å².